The first-order valence-electron chi connectivity index (χ1n) is 5.63. The predicted molar refractivity (Wildman–Crippen MR) is 60.5 cm³/mol. The summed E-state index contributed by atoms with van der Waals surface area (Å²) >= 11 is 0. The summed E-state index contributed by atoms with van der Waals surface area (Å²) < 4.78 is 5.27. The molecule has 1 radical (unpaired) electrons. The molecule has 3 heteroatoms. The van der Waals surface area contributed by atoms with Crippen LogP contribution in [0.3, 0.4) is 0 Å². The maximum Gasteiger partial charge on any atom is 0.313 e. The highest BCUT2D eigenvalue weighted by molar-refractivity contribution is 5.78. The molecule has 0 bridgehead atoms. The molecule has 0 saturated heterocycles. The molecule has 2 rings (SSSR count). The molecule has 0 heterocycles. The minimum atomic E-state index is -0.491. The molecule has 0 unspecified atom stereocenters. The van der Waals surface area contributed by atoms with Crippen molar-refractivity contribution in [2.75, 3.05) is 6.54 Å². The standard InChI is InChI=1S/C13H16NO2/c14-10-13(7-4-8-13)12(15)16-9-11-5-2-1-3-6-11/h1-3,5-6,14H,4,7-10H2. The van der Waals surface area contributed by atoms with Crippen molar-refractivity contribution in [1.82, 2.24) is 5.73 Å². The minimum absolute atomic E-state index is 0.153. The quantitative estimate of drug-likeness (QED) is 0.727. The van der Waals surface area contributed by atoms with Crippen molar-refractivity contribution in [3.63, 3.8) is 0 Å². The SMILES string of the molecule is [NH]CC1(C(=O)OCc2ccccc2)CCC1. The van der Waals surface area contributed by atoms with Gasteiger partial charge in [0.1, 0.15) is 6.61 Å². The second-order valence-electron chi connectivity index (χ2n) is 4.37. The molecule has 1 saturated carbocycles. The number of nitrogens with one attached hydrogen (secondary N) is 1. The van der Waals surface area contributed by atoms with E-state index in [1.54, 1.807) is 0 Å². The van der Waals surface area contributed by atoms with Gasteiger partial charge in [0, 0.05) is 6.54 Å². The molecular formula is C13H16NO2. The summed E-state index contributed by atoms with van der Waals surface area (Å²) in [5.41, 5.74) is 7.92. The Morgan fingerprint density at radius 3 is 2.50 bits per heavy atom. The largest absolute Gasteiger partial charge is 0.460 e. The first-order valence-corrected chi connectivity index (χ1v) is 5.63. The van der Waals surface area contributed by atoms with Gasteiger partial charge in [-0.25, -0.2) is 0 Å². The Labute approximate surface area is 95.6 Å². The fraction of sp³-hybridized carbons (Fsp3) is 0.462. The van der Waals surface area contributed by atoms with E-state index in [2.05, 4.69) is 0 Å². The predicted octanol–water partition coefficient (Wildman–Crippen LogP) is 2.18. The van der Waals surface area contributed by atoms with Crippen LogP contribution in [0.4, 0.5) is 0 Å². The van der Waals surface area contributed by atoms with Crippen molar-refractivity contribution < 1.29 is 9.53 Å². The summed E-state index contributed by atoms with van der Waals surface area (Å²) in [4.78, 5) is 11.8. The Hall–Kier alpha value is -1.35. The Morgan fingerprint density at radius 2 is 2.00 bits per heavy atom. The highest BCUT2D eigenvalue weighted by Crippen LogP contribution is 2.41. The second kappa shape index (κ2) is 4.66. The lowest BCUT2D eigenvalue weighted by molar-refractivity contribution is -0.162. The molecule has 0 amide bonds. The lowest BCUT2D eigenvalue weighted by Crippen LogP contribution is -2.42. The smallest absolute Gasteiger partial charge is 0.313 e. The van der Waals surface area contributed by atoms with Crippen LogP contribution in [0.1, 0.15) is 24.8 Å². The first-order chi connectivity index (χ1) is 7.77. The fourth-order valence-corrected chi connectivity index (χ4v) is 1.93. The van der Waals surface area contributed by atoms with Crippen LogP contribution in [0.5, 0.6) is 0 Å². The summed E-state index contributed by atoms with van der Waals surface area (Å²) in [6.07, 6.45) is 2.66. The zero-order chi connectivity index (χ0) is 11.4. The van der Waals surface area contributed by atoms with Crippen molar-refractivity contribution in [3.05, 3.63) is 35.9 Å². The van der Waals surface area contributed by atoms with E-state index >= 15 is 0 Å². The van der Waals surface area contributed by atoms with Crippen molar-refractivity contribution >= 4 is 5.97 Å². The molecule has 85 valence electrons. The molecule has 0 aromatic heterocycles. The van der Waals surface area contributed by atoms with Crippen LogP contribution in [-0.2, 0) is 16.1 Å². The van der Waals surface area contributed by atoms with Gasteiger partial charge in [-0.05, 0) is 18.4 Å². The van der Waals surface area contributed by atoms with E-state index in [-0.39, 0.29) is 12.5 Å². The highest BCUT2D eigenvalue weighted by Gasteiger charge is 2.44. The number of esters is 1. The number of carbonyl (C=O) groups is 1. The van der Waals surface area contributed by atoms with Crippen molar-refractivity contribution in [1.29, 1.82) is 0 Å². The molecule has 0 aliphatic heterocycles. The first kappa shape index (κ1) is 11.1. The summed E-state index contributed by atoms with van der Waals surface area (Å²) in [5.74, 6) is -0.197. The molecule has 1 aromatic rings. The van der Waals surface area contributed by atoms with Crippen LogP contribution in [0.2, 0.25) is 0 Å². The monoisotopic (exact) mass is 218 g/mol. The molecule has 1 aromatic carbocycles. The van der Waals surface area contributed by atoms with Crippen LogP contribution in [0.15, 0.2) is 30.3 Å². The maximum atomic E-state index is 11.8. The molecule has 1 aliphatic carbocycles. The van der Waals surface area contributed by atoms with E-state index in [1.165, 1.54) is 0 Å². The number of carbonyl (C=O) groups excluding carboxylic acids is 1. The van der Waals surface area contributed by atoms with Gasteiger partial charge in [0.2, 0.25) is 0 Å². The van der Waals surface area contributed by atoms with Crippen molar-refractivity contribution in [2.45, 2.75) is 25.9 Å². The van der Waals surface area contributed by atoms with E-state index in [0.717, 1.165) is 24.8 Å². The summed E-state index contributed by atoms with van der Waals surface area (Å²) in [6, 6.07) is 9.64. The van der Waals surface area contributed by atoms with Crippen LogP contribution in [0, 0.1) is 5.41 Å². The van der Waals surface area contributed by atoms with Crippen LogP contribution in [0.25, 0.3) is 0 Å². The number of hydrogen-bond donors (Lipinski definition) is 0. The zero-order valence-corrected chi connectivity index (χ0v) is 9.24. The van der Waals surface area contributed by atoms with E-state index in [9.17, 15) is 4.79 Å². The molecule has 3 nitrogen and oxygen atoms in total. The summed E-state index contributed by atoms with van der Waals surface area (Å²) in [5, 5.41) is 0. The van der Waals surface area contributed by atoms with Gasteiger partial charge >= 0.3 is 5.97 Å². The maximum absolute atomic E-state index is 11.8. The van der Waals surface area contributed by atoms with Gasteiger partial charge in [0.25, 0.3) is 0 Å². The average molecular weight is 218 g/mol. The average Bonchev–Trinajstić information content (AvgIpc) is 2.27. The summed E-state index contributed by atoms with van der Waals surface area (Å²) in [6.45, 7) is 0.474. The molecular weight excluding hydrogens is 202 g/mol. The lowest BCUT2D eigenvalue weighted by Gasteiger charge is -2.37. The second-order valence-corrected chi connectivity index (χ2v) is 4.37. The number of rotatable bonds is 4. The third-order valence-corrected chi connectivity index (χ3v) is 3.29. The van der Waals surface area contributed by atoms with E-state index in [0.29, 0.717) is 6.61 Å². The van der Waals surface area contributed by atoms with Crippen LogP contribution in [-0.4, -0.2) is 12.5 Å². The fourth-order valence-electron chi connectivity index (χ4n) is 1.93. The highest BCUT2D eigenvalue weighted by atomic mass is 16.5. The zero-order valence-electron chi connectivity index (χ0n) is 9.24. The molecule has 0 spiro atoms. The molecule has 1 N–H and O–H groups in total. The Bertz CT molecular complexity index is 352. The molecule has 1 aliphatic rings. The Morgan fingerprint density at radius 1 is 1.31 bits per heavy atom. The van der Waals surface area contributed by atoms with Gasteiger partial charge in [0.15, 0.2) is 0 Å². The molecule has 1 fully saturated rings. The number of hydrogen-bond acceptors (Lipinski definition) is 2. The van der Waals surface area contributed by atoms with Crippen molar-refractivity contribution in [2.24, 2.45) is 5.41 Å². The van der Waals surface area contributed by atoms with Gasteiger partial charge in [-0.2, -0.15) is 0 Å². The number of benzene rings is 1. The Kier molecular flexibility index (Phi) is 3.25. The lowest BCUT2D eigenvalue weighted by atomic mass is 9.69. The van der Waals surface area contributed by atoms with Gasteiger partial charge in [0.05, 0.1) is 5.41 Å². The van der Waals surface area contributed by atoms with Crippen LogP contribution >= 0.6 is 0 Å². The third kappa shape index (κ3) is 2.09. The van der Waals surface area contributed by atoms with Gasteiger partial charge in [-0.1, -0.05) is 36.8 Å². The van der Waals surface area contributed by atoms with Gasteiger partial charge in [-0.15, -0.1) is 0 Å². The third-order valence-electron chi connectivity index (χ3n) is 3.29. The van der Waals surface area contributed by atoms with Gasteiger partial charge < -0.3 is 4.74 Å². The minimum Gasteiger partial charge on any atom is -0.460 e. The molecule has 16 heavy (non-hydrogen) atoms. The van der Waals surface area contributed by atoms with E-state index in [1.807, 2.05) is 30.3 Å². The summed E-state index contributed by atoms with van der Waals surface area (Å²) in [7, 11) is 0. The van der Waals surface area contributed by atoms with E-state index < -0.39 is 5.41 Å². The van der Waals surface area contributed by atoms with Gasteiger partial charge in [-0.3, -0.25) is 10.5 Å². The van der Waals surface area contributed by atoms with Crippen LogP contribution < -0.4 is 5.73 Å². The van der Waals surface area contributed by atoms with Crippen molar-refractivity contribution in [3.8, 4) is 0 Å². The Balaban J connectivity index is 1.89. The normalized spacial score (nSPS) is 17.6. The number of ether oxygens (including phenoxy) is 1. The topological polar surface area (TPSA) is 50.1 Å². The molecule has 0 atom stereocenters. The van der Waals surface area contributed by atoms with E-state index in [4.69, 9.17) is 10.5 Å².